The van der Waals surface area contributed by atoms with Gasteiger partial charge in [0.15, 0.2) is 12.0 Å². The minimum absolute atomic E-state index is 0.329. The summed E-state index contributed by atoms with van der Waals surface area (Å²) in [6.45, 7) is 2.63. The normalized spacial score (nSPS) is 10.6. The van der Waals surface area contributed by atoms with Gasteiger partial charge in [-0.05, 0) is 43.3 Å². The summed E-state index contributed by atoms with van der Waals surface area (Å²) in [5.41, 5.74) is 3.85. The Morgan fingerprint density at radius 3 is 2.68 bits per heavy atom. The Balaban J connectivity index is 1.59. The number of aromatic nitrogens is 1. The van der Waals surface area contributed by atoms with Crippen LogP contribution < -0.4 is 4.74 Å². The van der Waals surface area contributed by atoms with Crippen molar-refractivity contribution in [2.24, 2.45) is 0 Å². The summed E-state index contributed by atoms with van der Waals surface area (Å²) in [5.74, 6) is 1.82. The van der Waals surface area contributed by atoms with Gasteiger partial charge in [0.25, 0.3) is 0 Å². The Bertz CT molecular complexity index is 758. The molecule has 0 radical (unpaired) electrons. The Morgan fingerprint density at radius 1 is 1.23 bits per heavy atom. The second-order valence-electron chi connectivity index (χ2n) is 4.80. The summed E-state index contributed by atoms with van der Waals surface area (Å²) < 4.78 is 11.1. The van der Waals surface area contributed by atoms with Gasteiger partial charge in [0.2, 0.25) is 0 Å². The van der Waals surface area contributed by atoms with Gasteiger partial charge in [-0.2, -0.15) is 0 Å². The molecule has 4 nitrogen and oxygen atoms in total. The highest BCUT2D eigenvalue weighted by atomic mass is 32.1. The van der Waals surface area contributed by atoms with Gasteiger partial charge < -0.3 is 9.15 Å². The van der Waals surface area contributed by atoms with Crippen molar-refractivity contribution in [3.63, 3.8) is 0 Å². The molecule has 0 saturated heterocycles. The predicted octanol–water partition coefficient (Wildman–Crippen LogP) is 4.15. The summed E-state index contributed by atoms with van der Waals surface area (Å²) in [7, 11) is 0. The van der Waals surface area contributed by atoms with Gasteiger partial charge in [0.05, 0.1) is 17.8 Å². The van der Waals surface area contributed by atoms with Crippen LogP contribution in [0.3, 0.4) is 0 Å². The van der Waals surface area contributed by atoms with Crippen LogP contribution in [0, 0.1) is 6.92 Å². The minimum Gasteiger partial charge on any atom is -0.493 e. The summed E-state index contributed by atoms with van der Waals surface area (Å²) in [6.07, 6.45) is 1.56. The first kappa shape index (κ1) is 14.5. The number of furan rings is 1. The fourth-order valence-corrected chi connectivity index (χ4v) is 2.88. The molecule has 0 saturated carbocycles. The van der Waals surface area contributed by atoms with Crippen LogP contribution >= 0.6 is 11.3 Å². The number of aryl methyl sites for hydroxylation is 1. The van der Waals surface area contributed by atoms with E-state index in [1.165, 1.54) is 4.88 Å². The molecule has 0 amide bonds. The van der Waals surface area contributed by atoms with E-state index in [1.807, 2.05) is 36.7 Å². The largest absolute Gasteiger partial charge is 0.493 e. The lowest BCUT2D eigenvalue weighted by Gasteiger charge is -2.06. The number of benzene rings is 1. The molecule has 112 valence electrons. The van der Waals surface area contributed by atoms with Crippen molar-refractivity contribution in [1.82, 2.24) is 4.98 Å². The number of ether oxygens (including phenoxy) is 1. The monoisotopic (exact) mass is 313 g/mol. The molecule has 0 atom stereocenters. The molecule has 1 aromatic carbocycles. The summed E-state index contributed by atoms with van der Waals surface area (Å²) in [4.78, 5) is 16.1. The van der Waals surface area contributed by atoms with Crippen molar-refractivity contribution in [1.29, 1.82) is 0 Å². The molecule has 0 unspecified atom stereocenters. The van der Waals surface area contributed by atoms with Crippen LogP contribution in [0.5, 0.6) is 5.75 Å². The average molecular weight is 313 g/mol. The van der Waals surface area contributed by atoms with E-state index >= 15 is 0 Å². The lowest BCUT2D eigenvalue weighted by Crippen LogP contribution is -2.01. The molecule has 3 aromatic rings. The second kappa shape index (κ2) is 6.58. The zero-order valence-corrected chi connectivity index (χ0v) is 12.9. The molecular formula is C17H15NO3S. The standard InChI is InChI=1S/C17H15NO3S/c1-12-17(22-11-18-12)8-9-20-14-4-2-13(3-5-14)16-7-6-15(10-19)21-16/h2-7,10-11H,8-9H2,1H3. The predicted molar refractivity (Wildman–Crippen MR) is 85.6 cm³/mol. The summed E-state index contributed by atoms with van der Waals surface area (Å²) in [5, 5.41) is 0. The lowest BCUT2D eigenvalue weighted by molar-refractivity contribution is 0.110. The van der Waals surface area contributed by atoms with E-state index in [9.17, 15) is 4.79 Å². The zero-order chi connectivity index (χ0) is 15.4. The van der Waals surface area contributed by atoms with Gasteiger partial charge in [0, 0.05) is 16.9 Å². The van der Waals surface area contributed by atoms with Gasteiger partial charge in [-0.15, -0.1) is 11.3 Å². The molecule has 2 heterocycles. The first-order valence-corrected chi connectivity index (χ1v) is 7.81. The van der Waals surface area contributed by atoms with Crippen molar-refractivity contribution in [2.45, 2.75) is 13.3 Å². The van der Waals surface area contributed by atoms with Gasteiger partial charge in [0.1, 0.15) is 11.5 Å². The number of hydrogen-bond donors (Lipinski definition) is 0. The van der Waals surface area contributed by atoms with Crippen LogP contribution in [0.2, 0.25) is 0 Å². The van der Waals surface area contributed by atoms with E-state index in [0.717, 1.165) is 23.4 Å². The van der Waals surface area contributed by atoms with Crippen molar-refractivity contribution in [3.8, 4) is 17.1 Å². The maximum Gasteiger partial charge on any atom is 0.185 e. The molecule has 0 N–H and O–H groups in total. The van der Waals surface area contributed by atoms with Crippen LogP contribution in [-0.4, -0.2) is 17.9 Å². The van der Waals surface area contributed by atoms with E-state index in [4.69, 9.17) is 9.15 Å². The van der Waals surface area contributed by atoms with Gasteiger partial charge >= 0.3 is 0 Å². The third kappa shape index (κ3) is 3.26. The molecule has 0 aliphatic heterocycles. The van der Waals surface area contributed by atoms with E-state index in [0.29, 0.717) is 24.4 Å². The molecule has 0 fully saturated rings. The molecule has 0 aliphatic rings. The van der Waals surface area contributed by atoms with E-state index in [1.54, 1.807) is 23.5 Å². The van der Waals surface area contributed by atoms with Crippen molar-refractivity contribution in [3.05, 3.63) is 58.2 Å². The number of rotatable bonds is 6. The van der Waals surface area contributed by atoms with Crippen LogP contribution in [0.15, 0.2) is 46.3 Å². The number of thiazole rings is 1. The number of hydrogen-bond acceptors (Lipinski definition) is 5. The Kier molecular flexibility index (Phi) is 4.34. The molecule has 0 bridgehead atoms. The highest BCUT2D eigenvalue weighted by Gasteiger charge is 2.05. The summed E-state index contributed by atoms with van der Waals surface area (Å²) >= 11 is 1.66. The van der Waals surface area contributed by atoms with Crippen LogP contribution in [0.25, 0.3) is 11.3 Å². The quantitative estimate of drug-likeness (QED) is 0.642. The molecule has 3 rings (SSSR count). The minimum atomic E-state index is 0.329. The average Bonchev–Trinajstić information content (AvgIpc) is 3.17. The van der Waals surface area contributed by atoms with E-state index < -0.39 is 0 Å². The molecule has 5 heteroatoms. The van der Waals surface area contributed by atoms with Crippen LogP contribution in [0.1, 0.15) is 21.1 Å². The van der Waals surface area contributed by atoms with E-state index in [2.05, 4.69) is 4.98 Å². The number of carbonyl (C=O) groups is 1. The molecule has 2 aromatic heterocycles. The molecule has 22 heavy (non-hydrogen) atoms. The van der Waals surface area contributed by atoms with Crippen molar-refractivity contribution >= 4 is 17.6 Å². The van der Waals surface area contributed by atoms with Gasteiger partial charge in [-0.1, -0.05) is 0 Å². The van der Waals surface area contributed by atoms with Crippen LogP contribution in [0.4, 0.5) is 0 Å². The SMILES string of the molecule is Cc1ncsc1CCOc1ccc(-c2ccc(C=O)o2)cc1. The maximum absolute atomic E-state index is 10.6. The second-order valence-corrected chi connectivity index (χ2v) is 5.74. The topological polar surface area (TPSA) is 52.3 Å². The smallest absolute Gasteiger partial charge is 0.185 e. The van der Waals surface area contributed by atoms with Crippen LogP contribution in [-0.2, 0) is 6.42 Å². The fraction of sp³-hybridized carbons (Fsp3) is 0.176. The number of carbonyl (C=O) groups excluding carboxylic acids is 1. The highest BCUT2D eigenvalue weighted by molar-refractivity contribution is 7.09. The first-order chi connectivity index (χ1) is 10.8. The number of nitrogens with zero attached hydrogens (tertiary/aromatic N) is 1. The molecule has 0 spiro atoms. The third-order valence-corrected chi connectivity index (χ3v) is 4.32. The number of aldehydes is 1. The Labute approximate surface area is 132 Å². The Hall–Kier alpha value is -2.40. The third-order valence-electron chi connectivity index (χ3n) is 3.32. The van der Waals surface area contributed by atoms with E-state index in [-0.39, 0.29) is 0 Å². The van der Waals surface area contributed by atoms with Gasteiger partial charge in [-0.25, -0.2) is 4.98 Å². The van der Waals surface area contributed by atoms with Crippen molar-refractivity contribution in [2.75, 3.05) is 6.61 Å². The lowest BCUT2D eigenvalue weighted by atomic mass is 10.2. The summed E-state index contributed by atoms with van der Waals surface area (Å²) in [6, 6.07) is 11.1. The Morgan fingerprint density at radius 2 is 2.05 bits per heavy atom. The molecule has 0 aliphatic carbocycles. The fourth-order valence-electron chi connectivity index (χ4n) is 2.11. The maximum atomic E-state index is 10.6. The highest BCUT2D eigenvalue weighted by Crippen LogP contribution is 2.24. The zero-order valence-electron chi connectivity index (χ0n) is 12.1. The molecular weight excluding hydrogens is 298 g/mol. The van der Waals surface area contributed by atoms with Gasteiger partial charge in [-0.3, -0.25) is 4.79 Å². The first-order valence-electron chi connectivity index (χ1n) is 6.93. The van der Waals surface area contributed by atoms with Crippen molar-refractivity contribution < 1.29 is 13.9 Å².